The standard InChI is InChI=1S/C18H25N5O3S/c1-10(2)17-21-20-16-9-22(8-12(4)23(16)17)18(24)14-6-11(3)13(5)15(7-14)27(19,25)26/h6-7,10,12H,8-9H2,1-5H3,(H2,19,25,26)/t12-/m0/s1. The molecule has 146 valence electrons. The first-order valence-electron chi connectivity index (χ1n) is 8.87. The van der Waals surface area contributed by atoms with E-state index in [0.717, 1.165) is 11.6 Å². The molecule has 2 heterocycles. The topological polar surface area (TPSA) is 111 Å². The minimum absolute atomic E-state index is 0.0128. The Balaban J connectivity index is 1.97. The summed E-state index contributed by atoms with van der Waals surface area (Å²) in [4.78, 5) is 14.7. The Hall–Kier alpha value is -2.26. The van der Waals surface area contributed by atoms with Crippen molar-refractivity contribution in [3.05, 3.63) is 40.5 Å². The van der Waals surface area contributed by atoms with Crippen molar-refractivity contribution in [2.24, 2.45) is 5.14 Å². The van der Waals surface area contributed by atoms with Gasteiger partial charge in [-0.1, -0.05) is 13.8 Å². The number of nitrogens with two attached hydrogens (primary N) is 1. The predicted octanol–water partition coefficient (Wildman–Crippen LogP) is 1.88. The lowest BCUT2D eigenvalue weighted by Crippen LogP contribution is -2.41. The average Bonchev–Trinajstić information content (AvgIpc) is 3.00. The second-order valence-corrected chi connectivity index (χ2v) is 9.02. The molecule has 0 saturated carbocycles. The first-order chi connectivity index (χ1) is 12.5. The Morgan fingerprint density at radius 1 is 1.26 bits per heavy atom. The summed E-state index contributed by atoms with van der Waals surface area (Å²) in [7, 11) is -3.91. The van der Waals surface area contributed by atoms with Crippen LogP contribution in [0.25, 0.3) is 0 Å². The van der Waals surface area contributed by atoms with Crippen LogP contribution in [-0.2, 0) is 16.6 Å². The van der Waals surface area contributed by atoms with Gasteiger partial charge in [0.25, 0.3) is 5.91 Å². The van der Waals surface area contributed by atoms with Crippen molar-refractivity contribution >= 4 is 15.9 Å². The van der Waals surface area contributed by atoms with Gasteiger partial charge in [-0.2, -0.15) is 0 Å². The smallest absolute Gasteiger partial charge is 0.254 e. The van der Waals surface area contributed by atoms with Gasteiger partial charge in [-0.15, -0.1) is 10.2 Å². The SMILES string of the molecule is Cc1cc(C(=O)N2Cc3nnc(C(C)C)n3[C@@H](C)C2)cc(S(N)(=O)=O)c1C. The van der Waals surface area contributed by atoms with Crippen LogP contribution in [-0.4, -0.2) is 40.5 Å². The van der Waals surface area contributed by atoms with Crippen molar-refractivity contribution in [3.63, 3.8) is 0 Å². The summed E-state index contributed by atoms with van der Waals surface area (Å²) in [5, 5.41) is 13.8. The Labute approximate surface area is 159 Å². The zero-order valence-corrected chi connectivity index (χ0v) is 17.0. The van der Waals surface area contributed by atoms with Gasteiger partial charge in [-0.05, 0) is 44.0 Å². The number of benzene rings is 1. The fraction of sp³-hybridized carbons (Fsp3) is 0.500. The third kappa shape index (κ3) is 3.49. The Morgan fingerprint density at radius 2 is 1.93 bits per heavy atom. The number of sulfonamides is 1. The Morgan fingerprint density at radius 3 is 2.52 bits per heavy atom. The van der Waals surface area contributed by atoms with Crippen molar-refractivity contribution in [1.29, 1.82) is 0 Å². The number of amides is 1. The lowest BCUT2D eigenvalue weighted by atomic mass is 10.0. The Bertz CT molecular complexity index is 1010. The van der Waals surface area contributed by atoms with Crippen molar-refractivity contribution in [1.82, 2.24) is 19.7 Å². The van der Waals surface area contributed by atoms with Gasteiger partial charge in [0.2, 0.25) is 10.0 Å². The van der Waals surface area contributed by atoms with E-state index in [-0.39, 0.29) is 22.8 Å². The zero-order valence-electron chi connectivity index (χ0n) is 16.2. The summed E-state index contributed by atoms with van der Waals surface area (Å²) in [5.74, 6) is 1.65. The summed E-state index contributed by atoms with van der Waals surface area (Å²) in [5.41, 5.74) is 1.58. The molecule has 1 aromatic carbocycles. The minimum Gasteiger partial charge on any atom is -0.329 e. The van der Waals surface area contributed by atoms with Crippen LogP contribution in [0.4, 0.5) is 0 Å². The molecular formula is C18H25N5O3S. The molecule has 1 amide bonds. The fourth-order valence-corrected chi connectivity index (χ4v) is 4.42. The fourth-order valence-electron chi connectivity index (χ4n) is 3.54. The van der Waals surface area contributed by atoms with Gasteiger partial charge >= 0.3 is 0 Å². The molecular weight excluding hydrogens is 366 g/mol. The van der Waals surface area contributed by atoms with Crippen LogP contribution in [0.15, 0.2) is 17.0 Å². The van der Waals surface area contributed by atoms with E-state index in [0.29, 0.717) is 29.8 Å². The summed E-state index contributed by atoms with van der Waals surface area (Å²) < 4.78 is 25.8. The van der Waals surface area contributed by atoms with Crippen LogP contribution in [0, 0.1) is 13.8 Å². The van der Waals surface area contributed by atoms with Gasteiger partial charge in [-0.3, -0.25) is 4.79 Å². The number of nitrogens with zero attached hydrogens (tertiary/aromatic N) is 4. The Kier molecular flexibility index (Phi) is 4.85. The van der Waals surface area contributed by atoms with Crippen molar-refractivity contribution < 1.29 is 13.2 Å². The van der Waals surface area contributed by atoms with Crippen molar-refractivity contribution in [3.8, 4) is 0 Å². The number of fused-ring (bicyclic) bond motifs is 1. The van der Waals surface area contributed by atoms with E-state index >= 15 is 0 Å². The van der Waals surface area contributed by atoms with E-state index in [1.54, 1.807) is 24.8 Å². The van der Waals surface area contributed by atoms with Crippen LogP contribution < -0.4 is 5.14 Å². The number of carbonyl (C=O) groups is 1. The molecule has 0 unspecified atom stereocenters. The highest BCUT2D eigenvalue weighted by Gasteiger charge is 2.31. The third-order valence-electron chi connectivity index (χ3n) is 5.03. The number of hydrogen-bond donors (Lipinski definition) is 1. The number of aryl methyl sites for hydroxylation is 1. The second kappa shape index (κ2) is 6.72. The number of hydrogen-bond acceptors (Lipinski definition) is 5. The van der Waals surface area contributed by atoms with Gasteiger partial charge in [-0.25, -0.2) is 13.6 Å². The second-order valence-electron chi connectivity index (χ2n) is 7.50. The van der Waals surface area contributed by atoms with Crippen LogP contribution >= 0.6 is 0 Å². The monoisotopic (exact) mass is 391 g/mol. The highest BCUT2D eigenvalue weighted by Crippen LogP contribution is 2.27. The highest BCUT2D eigenvalue weighted by molar-refractivity contribution is 7.89. The lowest BCUT2D eigenvalue weighted by molar-refractivity contribution is 0.0679. The molecule has 9 heteroatoms. The van der Waals surface area contributed by atoms with Gasteiger partial charge < -0.3 is 9.47 Å². The molecule has 1 atom stereocenters. The third-order valence-corrected chi connectivity index (χ3v) is 6.06. The van der Waals surface area contributed by atoms with E-state index in [9.17, 15) is 13.2 Å². The first-order valence-corrected chi connectivity index (χ1v) is 10.4. The molecule has 0 saturated heterocycles. The quantitative estimate of drug-likeness (QED) is 0.859. The molecule has 8 nitrogen and oxygen atoms in total. The van der Waals surface area contributed by atoms with Crippen LogP contribution in [0.5, 0.6) is 0 Å². The molecule has 0 aliphatic carbocycles. The number of rotatable bonds is 3. The summed E-state index contributed by atoms with van der Waals surface area (Å²) in [6, 6.07) is 3.11. The molecule has 2 N–H and O–H groups in total. The van der Waals surface area contributed by atoms with Gasteiger partial charge in [0.1, 0.15) is 5.82 Å². The number of aromatic nitrogens is 3. The van der Waals surface area contributed by atoms with E-state index in [1.165, 1.54) is 6.07 Å². The van der Waals surface area contributed by atoms with E-state index in [4.69, 9.17) is 5.14 Å². The zero-order chi connectivity index (χ0) is 20.1. The molecule has 2 aromatic rings. The first kappa shape index (κ1) is 19.5. The van der Waals surface area contributed by atoms with E-state index < -0.39 is 10.0 Å². The molecule has 27 heavy (non-hydrogen) atoms. The largest absolute Gasteiger partial charge is 0.329 e. The number of primary sulfonamides is 1. The molecule has 1 aromatic heterocycles. The van der Waals surface area contributed by atoms with Crippen molar-refractivity contribution in [2.75, 3.05) is 6.54 Å². The van der Waals surface area contributed by atoms with Gasteiger partial charge in [0, 0.05) is 18.0 Å². The maximum absolute atomic E-state index is 13.1. The van der Waals surface area contributed by atoms with Crippen molar-refractivity contribution in [2.45, 2.75) is 58.0 Å². The molecule has 1 aliphatic heterocycles. The number of carbonyl (C=O) groups excluding carboxylic acids is 1. The average molecular weight is 391 g/mol. The van der Waals surface area contributed by atoms with Gasteiger partial charge in [0.15, 0.2) is 5.82 Å². The molecule has 0 bridgehead atoms. The lowest BCUT2D eigenvalue weighted by Gasteiger charge is -2.33. The maximum Gasteiger partial charge on any atom is 0.254 e. The van der Waals surface area contributed by atoms with Crippen LogP contribution in [0.1, 0.15) is 65.9 Å². The normalized spacial score (nSPS) is 17.3. The summed E-state index contributed by atoms with van der Waals surface area (Å²) in [6.07, 6.45) is 0. The molecule has 0 fully saturated rings. The van der Waals surface area contributed by atoms with Gasteiger partial charge in [0.05, 0.1) is 17.5 Å². The van der Waals surface area contributed by atoms with E-state index in [1.807, 2.05) is 6.92 Å². The maximum atomic E-state index is 13.1. The van der Waals surface area contributed by atoms with Crippen LogP contribution in [0.2, 0.25) is 0 Å². The summed E-state index contributed by atoms with van der Waals surface area (Å²) >= 11 is 0. The summed E-state index contributed by atoms with van der Waals surface area (Å²) in [6.45, 7) is 10.4. The van der Waals surface area contributed by atoms with E-state index in [2.05, 4.69) is 28.6 Å². The molecule has 0 radical (unpaired) electrons. The minimum atomic E-state index is -3.91. The highest BCUT2D eigenvalue weighted by atomic mass is 32.2. The molecule has 3 rings (SSSR count). The predicted molar refractivity (Wildman–Crippen MR) is 101 cm³/mol. The molecule has 0 spiro atoms. The molecule has 1 aliphatic rings. The van der Waals surface area contributed by atoms with Crippen LogP contribution in [0.3, 0.4) is 0 Å².